The molecule has 1 aromatic carbocycles. The zero-order valence-corrected chi connectivity index (χ0v) is 13.1. The predicted octanol–water partition coefficient (Wildman–Crippen LogP) is 1.72. The molecule has 0 unspecified atom stereocenters. The average Bonchev–Trinajstić information content (AvgIpc) is 2.54. The summed E-state index contributed by atoms with van der Waals surface area (Å²) in [4.78, 5) is 25.3. The van der Waals surface area contributed by atoms with Gasteiger partial charge < -0.3 is 15.5 Å². The quantitative estimate of drug-likeness (QED) is 0.653. The van der Waals surface area contributed by atoms with Gasteiger partial charge in [-0.2, -0.15) is 13.2 Å². The van der Waals surface area contributed by atoms with E-state index in [-0.39, 0.29) is 26.2 Å². The molecule has 1 heterocycles. The van der Waals surface area contributed by atoms with Gasteiger partial charge in [-0.3, -0.25) is 9.59 Å². The number of carbonyl (C=O) groups is 2. The van der Waals surface area contributed by atoms with Gasteiger partial charge in [-0.25, -0.2) is 4.39 Å². The lowest BCUT2D eigenvalue weighted by Gasteiger charge is -2.33. The van der Waals surface area contributed by atoms with Crippen molar-refractivity contribution in [3.63, 3.8) is 0 Å². The molecule has 0 aliphatic carbocycles. The van der Waals surface area contributed by atoms with Crippen molar-refractivity contribution in [2.75, 3.05) is 32.7 Å². The highest BCUT2D eigenvalue weighted by molar-refractivity contribution is 5.96. The maximum absolute atomic E-state index is 13.2. The molecule has 1 aliphatic heterocycles. The van der Waals surface area contributed by atoms with E-state index in [1.807, 2.05) is 6.92 Å². The second-order valence-corrected chi connectivity index (χ2v) is 5.03. The van der Waals surface area contributed by atoms with Crippen molar-refractivity contribution in [2.24, 2.45) is 5.73 Å². The van der Waals surface area contributed by atoms with Crippen LogP contribution in [0.15, 0.2) is 18.2 Å². The fourth-order valence-corrected chi connectivity index (χ4v) is 2.14. The summed E-state index contributed by atoms with van der Waals surface area (Å²) in [7, 11) is 0. The van der Waals surface area contributed by atoms with E-state index in [1.54, 1.807) is 0 Å². The average molecular weight is 349 g/mol. The highest BCUT2D eigenvalue weighted by Crippen LogP contribution is 2.33. The van der Waals surface area contributed by atoms with Crippen molar-refractivity contribution in [3.05, 3.63) is 35.1 Å². The molecule has 0 spiro atoms. The van der Waals surface area contributed by atoms with Gasteiger partial charge in [-0.15, -0.1) is 0 Å². The van der Waals surface area contributed by atoms with Crippen LogP contribution in [0.2, 0.25) is 0 Å². The summed E-state index contributed by atoms with van der Waals surface area (Å²) in [6.45, 7) is 3.37. The first-order chi connectivity index (χ1) is 11.2. The summed E-state index contributed by atoms with van der Waals surface area (Å²) in [5.74, 6) is -1.79. The molecule has 9 heteroatoms. The zero-order chi connectivity index (χ0) is 18.3. The standard InChI is InChI=1S/C13H12F4N2O2.C2H7N/c14-9-1-2-11(13(15,16)17)10(7-9)12(21)19-5-3-18(8-20)4-6-19;1-2-3/h1-2,7-8H,3-6H2;2-3H2,1H3. The Bertz CT molecular complexity index is 570. The van der Waals surface area contributed by atoms with Crippen LogP contribution in [0.25, 0.3) is 0 Å². The van der Waals surface area contributed by atoms with Crippen LogP contribution in [-0.4, -0.2) is 54.8 Å². The van der Waals surface area contributed by atoms with Crippen molar-refractivity contribution in [3.8, 4) is 0 Å². The number of rotatable bonds is 2. The SMILES string of the molecule is CCN.O=CN1CCN(C(=O)c2cc(F)ccc2C(F)(F)F)CC1. The van der Waals surface area contributed by atoms with Gasteiger partial charge in [0.15, 0.2) is 0 Å². The highest BCUT2D eigenvalue weighted by Gasteiger charge is 2.36. The van der Waals surface area contributed by atoms with Gasteiger partial charge >= 0.3 is 6.18 Å². The molecule has 134 valence electrons. The number of amides is 2. The van der Waals surface area contributed by atoms with Gasteiger partial charge in [0.05, 0.1) is 11.1 Å². The van der Waals surface area contributed by atoms with Gasteiger partial charge in [-0.05, 0) is 24.7 Å². The lowest BCUT2D eigenvalue weighted by molar-refractivity contribution is -0.138. The number of alkyl halides is 3. The topological polar surface area (TPSA) is 66.6 Å². The van der Waals surface area contributed by atoms with E-state index in [4.69, 9.17) is 5.73 Å². The second kappa shape index (κ2) is 8.62. The largest absolute Gasteiger partial charge is 0.417 e. The van der Waals surface area contributed by atoms with Crippen LogP contribution in [0.3, 0.4) is 0 Å². The first kappa shape index (κ1) is 19.9. The normalized spacial score (nSPS) is 14.8. The number of nitrogens with zero attached hydrogens (tertiary/aromatic N) is 2. The Hall–Kier alpha value is -2.16. The van der Waals surface area contributed by atoms with E-state index >= 15 is 0 Å². The van der Waals surface area contributed by atoms with Crippen molar-refractivity contribution >= 4 is 12.3 Å². The van der Waals surface area contributed by atoms with E-state index in [2.05, 4.69) is 0 Å². The van der Waals surface area contributed by atoms with Gasteiger partial charge in [0.1, 0.15) is 5.82 Å². The van der Waals surface area contributed by atoms with Crippen LogP contribution in [0, 0.1) is 5.82 Å². The molecule has 1 fully saturated rings. The van der Waals surface area contributed by atoms with Crippen LogP contribution >= 0.6 is 0 Å². The number of hydrogen-bond donors (Lipinski definition) is 1. The van der Waals surface area contributed by atoms with Gasteiger partial charge in [0.2, 0.25) is 6.41 Å². The maximum Gasteiger partial charge on any atom is 0.417 e. The van der Waals surface area contributed by atoms with E-state index in [0.717, 1.165) is 6.54 Å². The Morgan fingerprint density at radius 1 is 1.25 bits per heavy atom. The monoisotopic (exact) mass is 349 g/mol. The van der Waals surface area contributed by atoms with Crippen LogP contribution in [-0.2, 0) is 11.0 Å². The third kappa shape index (κ3) is 5.19. The molecule has 2 N–H and O–H groups in total. The number of halogens is 4. The van der Waals surface area contributed by atoms with E-state index in [1.165, 1.54) is 9.80 Å². The fourth-order valence-electron chi connectivity index (χ4n) is 2.14. The number of carbonyl (C=O) groups excluding carboxylic acids is 2. The van der Waals surface area contributed by atoms with Crippen molar-refractivity contribution in [1.29, 1.82) is 0 Å². The maximum atomic E-state index is 13.2. The first-order valence-corrected chi connectivity index (χ1v) is 7.30. The van der Waals surface area contributed by atoms with E-state index in [9.17, 15) is 27.2 Å². The molecule has 0 atom stereocenters. The summed E-state index contributed by atoms with van der Waals surface area (Å²) in [6, 6.07) is 1.82. The summed E-state index contributed by atoms with van der Waals surface area (Å²) in [5, 5.41) is 0. The molecular formula is C15H19F4N3O2. The van der Waals surface area contributed by atoms with Crippen LogP contribution in [0.4, 0.5) is 17.6 Å². The number of nitrogens with two attached hydrogens (primary N) is 1. The lowest BCUT2D eigenvalue weighted by atomic mass is 10.0. The summed E-state index contributed by atoms with van der Waals surface area (Å²) >= 11 is 0. The fraction of sp³-hybridized carbons (Fsp3) is 0.467. The number of hydrogen-bond acceptors (Lipinski definition) is 3. The minimum absolute atomic E-state index is 0.116. The predicted molar refractivity (Wildman–Crippen MR) is 79.7 cm³/mol. The molecule has 24 heavy (non-hydrogen) atoms. The third-order valence-electron chi connectivity index (χ3n) is 3.27. The molecule has 2 rings (SSSR count). The molecular weight excluding hydrogens is 330 g/mol. The minimum atomic E-state index is -4.73. The van der Waals surface area contributed by atoms with E-state index in [0.29, 0.717) is 24.6 Å². The number of piperazine rings is 1. The first-order valence-electron chi connectivity index (χ1n) is 7.30. The molecule has 5 nitrogen and oxygen atoms in total. The Morgan fingerprint density at radius 2 is 1.79 bits per heavy atom. The highest BCUT2D eigenvalue weighted by atomic mass is 19.4. The van der Waals surface area contributed by atoms with Gasteiger partial charge in [0.25, 0.3) is 5.91 Å². The summed E-state index contributed by atoms with van der Waals surface area (Å²) < 4.78 is 51.8. The smallest absolute Gasteiger partial charge is 0.342 e. The van der Waals surface area contributed by atoms with E-state index < -0.39 is 29.0 Å². The van der Waals surface area contributed by atoms with Crippen molar-refractivity contribution < 1.29 is 27.2 Å². The minimum Gasteiger partial charge on any atom is -0.342 e. The molecule has 2 amide bonds. The Kier molecular flexibility index (Phi) is 7.15. The molecule has 0 aromatic heterocycles. The Morgan fingerprint density at radius 3 is 2.25 bits per heavy atom. The Balaban J connectivity index is 0.000000891. The summed E-state index contributed by atoms with van der Waals surface area (Å²) in [5.41, 5.74) is 2.98. The van der Waals surface area contributed by atoms with Crippen LogP contribution in [0.1, 0.15) is 22.8 Å². The van der Waals surface area contributed by atoms with Crippen molar-refractivity contribution in [1.82, 2.24) is 9.80 Å². The van der Waals surface area contributed by atoms with Crippen LogP contribution in [0.5, 0.6) is 0 Å². The molecule has 0 saturated carbocycles. The van der Waals surface area contributed by atoms with Crippen molar-refractivity contribution in [2.45, 2.75) is 13.1 Å². The van der Waals surface area contributed by atoms with Gasteiger partial charge in [-0.1, -0.05) is 6.92 Å². The van der Waals surface area contributed by atoms with Gasteiger partial charge in [0, 0.05) is 26.2 Å². The second-order valence-electron chi connectivity index (χ2n) is 5.03. The molecule has 1 aromatic rings. The molecule has 0 bridgehead atoms. The molecule has 0 radical (unpaired) electrons. The number of benzene rings is 1. The lowest BCUT2D eigenvalue weighted by Crippen LogP contribution is -2.48. The third-order valence-corrected chi connectivity index (χ3v) is 3.27. The Labute approximate surface area is 137 Å². The zero-order valence-electron chi connectivity index (χ0n) is 13.1. The summed E-state index contributed by atoms with van der Waals surface area (Å²) in [6.07, 6.45) is -4.12. The molecule has 1 saturated heterocycles. The van der Waals surface area contributed by atoms with Crippen LogP contribution < -0.4 is 5.73 Å². The molecule has 1 aliphatic rings.